The highest BCUT2D eigenvalue weighted by atomic mass is 35.5. The predicted octanol–water partition coefficient (Wildman–Crippen LogP) is 2.93. The molecular weight excluding hydrogens is 398 g/mol. The average Bonchev–Trinajstić information content (AvgIpc) is 2.90. The van der Waals surface area contributed by atoms with Crippen LogP contribution in [0.3, 0.4) is 0 Å². The number of benzene rings is 1. The Hall–Kier alpha value is -1.15. The summed E-state index contributed by atoms with van der Waals surface area (Å²) >= 11 is 6.24. The third-order valence-corrected chi connectivity index (χ3v) is 8.11. The van der Waals surface area contributed by atoms with Crippen molar-refractivity contribution in [3.63, 3.8) is 0 Å². The van der Waals surface area contributed by atoms with Crippen LogP contribution in [0, 0.1) is 5.92 Å². The van der Waals surface area contributed by atoms with E-state index in [-0.39, 0.29) is 15.8 Å². The molecule has 8 heteroatoms. The maximum absolute atomic E-state index is 13.1. The van der Waals surface area contributed by atoms with Gasteiger partial charge in [-0.25, -0.2) is 8.42 Å². The van der Waals surface area contributed by atoms with Gasteiger partial charge in [0.1, 0.15) is 4.90 Å². The number of carbonyl (C=O) groups excluding carboxylic acids is 1. The molecular formula is C20H30ClN3O3S. The van der Waals surface area contributed by atoms with Crippen molar-refractivity contribution in [1.82, 2.24) is 14.1 Å². The van der Waals surface area contributed by atoms with E-state index in [9.17, 15) is 13.2 Å². The zero-order valence-corrected chi connectivity index (χ0v) is 18.3. The molecule has 0 bridgehead atoms. The standard InChI is InChI=1S/C20H30ClN3O3S/c1-22-12-9-16(14-22)15-23(2)20(25)17-7-8-18(21)19(13-17)28(26,27)24-10-5-3-4-6-11-24/h7-8,13,16H,3-6,9-12,14-15H2,1-2H3. The van der Waals surface area contributed by atoms with Crippen LogP contribution in [0.25, 0.3) is 0 Å². The molecule has 3 rings (SSSR count). The third-order valence-electron chi connectivity index (χ3n) is 5.73. The molecule has 2 aliphatic heterocycles. The molecule has 0 aromatic heterocycles. The van der Waals surface area contributed by atoms with Crippen molar-refractivity contribution in [2.24, 2.45) is 5.92 Å². The van der Waals surface area contributed by atoms with Crippen LogP contribution in [-0.2, 0) is 10.0 Å². The van der Waals surface area contributed by atoms with Gasteiger partial charge in [0.15, 0.2) is 0 Å². The molecule has 28 heavy (non-hydrogen) atoms. The first-order valence-electron chi connectivity index (χ1n) is 10.0. The summed E-state index contributed by atoms with van der Waals surface area (Å²) in [5, 5.41) is 0.167. The van der Waals surface area contributed by atoms with Crippen molar-refractivity contribution < 1.29 is 13.2 Å². The summed E-state index contributed by atoms with van der Waals surface area (Å²) in [4.78, 5) is 16.9. The van der Waals surface area contributed by atoms with E-state index in [0.717, 1.165) is 45.2 Å². The molecule has 0 aliphatic carbocycles. The molecule has 6 nitrogen and oxygen atoms in total. The maximum Gasteiger partial charge on any atom is 0.253 e. The molecule has 0 N–H and O–H groups in total. The van der Waals surface area contributed by atoms with Gasteiger partial charge in [0, 0.05) is 38.8 Å². The highest BCUT2D eigenvalue weighted by Crippen LogP contribution is 2.28. The molecule has 2 aliphatic rings. The summed E-state index contributed by atoms with van der Waals surface area (Å²) in [5.74, 6) is 0.282. The van der Waals surface area contributed by atoms with E-state index < -0.39 is 10.0 Å². The van der Waals surface area contributed by atoms with Crippen LogP contribution in [0.5, 0.6) is 0 Å². The number of carbonyl (C=O) groups is 1. The van der Waals surface area contributed by atoms with Gasteiger partial charge in [-0.3, -0.25) is 4.79 Å². The Kier molecular flexibility index (Phi) is 7.02. The van der Waals surface area contributed by atoms with Crippen molar-refractivity contribution in [3.8, 4) is 0 Å². The first-order valence-corrected chi connectivity index (χ1v) is 11.8. The molecule has 0 radical (unpaired) electrons. The Labute approximate surface area is 173 Å². The zero-order chi connectivity index (χ0) is 20.3. The third kappa shape index (κ3) is 4.87. The van der Waals surface area contributed by atoms with E-state index in [2.05, 4.69) is 11.9 Å². The number of halogens is 1. The van der Waals surface area contributed by atoms with Crippen LogP contribution in [-0.4, -0.2) is 75.2 Å². The molecule has 2 heterocycles. The highest BCUT2D eigenvalue weighted by Gasteiger charge is 2.29. The highest BCUT2D eigenvalue weighted by molar-refractivity contribution is 7.89. The smallest absolute Gasteiger partial charge is 0.253 e. The van der Waals surface area contributed by atoms with Crippen molar-refractivity contribution in [2.75, 3.05) is 46.8 Å². The van der Waals surface area contributed by atoms with Gasteiger partial charge in [-0.2, -0.15) is 4.31 Å². The second-order valence-corrected chi connectivity index (χ2v) is 10.4. The molecule has 1 atom stereocenters. The summed E-state index contributed by atoms with van der Waals surface area (Å²) < 4.78 is 27.8. The largest absolute Gasteiger partial charge is 0.341 e. The van der Waals surface area contributed by atoms with Crippen LogP contribution in [0.15, 0.2) is 23.1 Å². The molecule has 156 valence electrons. The van der Waals surface area contributed by atoms with E-state index in [0.29, 0.717) is 31.1 Å². The number of hydrogen-bond donors (Lipinski definition) is 0. The number of hydrogen-bond acceptors (Lipinski definition) is 4. The summed E-state index contributed by atoms with van der Waals surface area (Å²) in [6.45, 7) is 3.70. The Morgan fingerprint density at radius 2 is 1.86 bits per heavy atom. The van der Waals surface area contributed by atoms with Crippen molar-refractivity contribution in [3.05, 3.63) is 28.8 Å². The fourth-order valence-electron chi connectivity index (χ4n) is 4.12. The first kappa shape index (κ1) is 21.6. The lowest BCUT2D eigenvalue weighted by Gasteiger charge is -2.23. The van der Waals surface area contributed by atoms with E-state index in [1.165, 1.54) is 16.4 Å². The van der Waals surface area contributed by atoms with E-state index in [1.54, 1.807) is 18.0 Å². The molecule has 0 spiro atoms. The van der Waals surface area contributed by atoms with Crippen molar-refractivity contribution in [2.45, 2.75) is 37.0 Å². The molecule has 1 aromatic rings. The fourth-order valence-corrected chi connectivity index (χ4v) is 6.14. The van der Waals surface area contributed by atoms with Crippen molar-refractivity contribution >= 4 is 27.5 Å². The summed E-state index contributed by atoms with van der Waals surface area (Å²) in [6.07, 6.45) is 4.87. The Morgan fingerprint density at radius 3 is 2.46 bits per heavy atom. The SMILES string of the molecule is CN1CCC(CN(C)C(=O)c2ccc(Cl)c(S(=O)(=O)N3CCCCCC3)c2)C1. The zero-order valence-electron chi connectivity index (χ0n) is 16.7. The van der Waals surface area contributed by atoms with Crippen molar-refractivity contribution in [1.29, 1.82) is 0 Å². The summed E-state index contributed by atoms with van der Waals surface area (Å²) in [7, 11) is 0.157. The lowest BCUT2D eigenvalue weighted by atomic mass is 10.1. The molecule has 2 saturated heterocycles. The average molecular weight is 428 g/mol. The Morgan fingerprint density at radius 1 is 1.18 bits per heavy atom. The van der Waals surface area contributed by atoms with E-state index in [1.807, 2.05) is 0 Å². The second kappa shape index (κ2) is 9.11. The Balaban J connectivity index is 1.79. The van der Waals surface area contributed by atoms with Gasteiger partial charge in [-0.05, 0) is 57.0 Å². The number of likely N-dealkylation sites (tertiary alicyclic amines) is 1. The van der Waals surface area contributed by atoms with Gasteiger partial charge in [-0.1, -0.05) is 24.4 Å². The topological polar surface area (TPSA) is 60.9 Å². The second-order valence-electron chi connectivity index (χ2n) is 8.07. The van der Waals surface area contributed by atoms with Gasteiger partial charge < -0.3 is 9.80 Å². The minimum Gasteiger partial charge on any atom is -0.341 e. The number of nitrogens with zero attached hydrogens (tertiary/aromatic N) is 3. The van der Waals surface area contributed by atoms with E-state index >= 15 is 0 Å². The molecule has 2 fully saturated rings. The normalized spacial score (nSPS) is 22.2. The maximum atomic E-state index is 13.1. The monoisotopic (exact) mass is 427 g/mol. The van der Waals surface area contributed by atoms with E-state index in [4.69, 9.17) is 11.6 Å². The number of sulfonamides is 1. The van der Waals surface area contributed by atoms with Gasteiger partial charge in [0.2, 0.25) is 10.0 Å². The minimum atomic E-state index is -3.70. The molecule has 1 amide bonds. The quantitative estimate of drug-likeness (QED) is 0.724. The van der Waals surface area contributed by atoms with Crippen LogP contribution >= 0.6 is 11.6 Å². The van der Waals surface area contributed by atoms with Gasteiger partial charge in [-0.15, -0.1) is 0 Å². The lowest BCUT2D eigenvalue weighted by molar-refractivity contribution is 0.0774. The molecule has 1 aromatic carbocycles. The van der Waals surface area contributed by atoms with Gasteiger partial charge in [0.05, 0.1) is 5.02 Å². The van der Waals surface area contributed by atoms with Crippen LogP contribution in [0.2, 0.25) is 5.02 Å². The molecule has 1 unspecified atom stereocenters. The van der Waals surface area contributed by atoms with Crippen LogP contribution in [0.4, 0.5) is 0 Å². The minimum absolute atomic E-state index is 0.0379. The Bertz CT molecular complexity index is 807. The number of amides is 1. The van der Waals surface area contributed by atoms with Crippen LogP contribution in [0.1, 0.15) is 42.5 Å². The lowest BCUT2D eigenvalue weighted by Crippen LogP contribution is -2.34. The van der Waals surface area contributed by atoms with Gasteiger partial charge in [0.25, 0.3) is 5.91 Å². The molecule has 0 saturated carbocycles. The first-order chi connectivity index (χ1) is 13.3. The van der Waals surface area contributed by atoms with Gasteiger partial charge >= 0.3 is 0 Å². The summed E-state index contributed by atoms with van der Waals surface area (Å²) in [5.41, 5.74) is 0.367. The summed E-state index contributed by atoms with van der Waals surface area (Å²) in [6, 6.07) is 4.59. The predicted molar refractivity (Wildman–Crippen MR) is 111 cm³/mol. The fraction of sp³-hybridized carbons (Fsp3) is 0.650. The number of rotatable bonds is 5. The van der Waals surface area contributed by atoms with Crippen LogP contribution < -0.4 is 0 Å².